The number of hydrogen-bond donors (Lipinski definition) is 0. The summed E-state index contributed by atoms with van der Waals surface area (Å²) in [6, 6.07) is 0. The van der Waals surface area contributed by atoms with Crippen LogP contribution in [0.3, 0.4) is 0 Å². The molecule has 1 radical (unpaired) electrons. The van der Waals surface area contributed by atoms with Crippen molar-refractivity contribution in [2.45, 2.75) is 20.8 Å². The molecule has 0 saturated heterocycles. The molecule has 8 heavy (non-hydrogen) atoms. The van der Waals surface area contributed by atoms with Gasteiger partial charge in [0, 0.05) is 0 Å². The molecule has 0 aromatic rings. The third-order valence-electron chi connectivity index (χ3n) is 1.56. The zero-order chi connectivity index (χ0) is 6.15. The molecule has 0 fully saturated rings. The summed E-state index contributed by atoms with van der Waals surface area (Å²) < 4.78 is 5.08. The van der Waals surface area contributed by atoms with E-state index in [1.165, 1.54) is 11.1 Å². The first-order valence-electron chi connectivity index (χ1n) is 2.75. The fourth-order valence-corrected chi connectivity index (χ4v) is 3.33. The van der Waals surface area contributed by atoms with Gasteiger partial charge in [0.1, 0.15) is 0 Å². The van der Waals surface area contributed by atoms with Crippen LogP contribution in [0.25, 0.3) is 0 Å². The van der Waals surface area contributed by atoms with Crippen LogP contribution in [0.2, 0.25) is 0 Å². The summed E-state index contributed by atoms with van der Waals surface area (Å²) in [6.45, 7) is 6.60. The Kier molecular flexibility index (Phi) is 1.82. The Morgan fingerprint density at radius 2 is 1.88 bits per heavy atom. The summed E-state index contributed by atoms with van der Waals surface area (Å²) >= 11 is -0.278. The van der Waals surface area contributed by atoms with Gasteiger partial charge in [-0.2, -0.15) is 0 Å². The molecular weight excluding hydrogens is 206 g/mol. The molecule has 43 valence electrons. The molecule has 1 aliphatic heterocycles. The summed E-state index contributed by atoms with van der Waals surface area (Å²) in [4.78, 5) is 0. The van der Waals surface area contributed by atoms with Crippen LogP contribution in [0.1, 0.15) is 20.8 Å². The second kappa shape index (κ2) is 2.27. The summed E-state index contributed by atoms with van der Waals surface area (Å²) in [6.07, 6.45) is 0. The molecule has 0 aliphatic carbocycles. The van der Waals surface area contributed by atoms with E-state index in [1.807, 2.05) is 0 Å². The van der Waals surface area contributed by atoms with Crippen molar-refractivity contribution in [1.29, 1.82) is 0 Å². The Labute approximate surface area is 61.2 Å². The maximum absolute atomic E-state index is 3.43. The third kappa shape index (κ3) is 1.000. The molecule has 0 nitrogen and oxygen atoms in total. The van der Waals surface area contributed by atoms with Gasteiger partial charge in [-0.15, -0.1) is 0 Å². The minimum atomic E-state index is -0.278. The van der Waals surface area contributed by atoms with Crippen LogP contribution in [-0.2, 0) is 0 Å². The van der Waals surface area contributed by atoms with E-state index in [1.54, 1.807) is 3.52 Å². The van der Waals surface area contributed by atoms with Crippen LogP contribution >= 0.6 is 0 Å². The van der Waals surface area contributed by atoms with Crippen molar-refractivity contribution >= 4 is 21.6 Å². The average molecular weight is 216 g/mol. The second-order valence-corrected chi connectivity index (χ2v) is 5.69. The predicted octanol–water partition coefficient (Wildman–Crippen LogP) is 1.44. The van der Waals surface area contributed by atoms with Crippen molar-refractivity contribution in [1.82, 2.24) is 0 Å². The van der Waals surface area contributed by atoms with E-state index >= 15 is 0 Å². The van der Waals surface area contributed by atoms with Gasteiger partial charge in [-0.25, -0.2) is 0 Å². The molecule has 1 aliphatic rings. The van der Waals surface area contributed by atoms with Crippen LogP contribution in [0.4, 0.5) is 0 Å². The Bertz CT molecular complexity index is 158. The average Bonchev–Trinajstić information content (AvgIpc) is 1.98. The van der Waals surface area contributed by atoms with Crippen LogP contribution in [0.5, 0.6) is 0 Å². The Morgan fingerprint density at radius 1 is 1.25 bits per heavy atom. The molecule has 0 amide bonds. The first kappa shape index (κ1) is 6.42. The van der Waals surface area contributed by atoms with E-state index in [0.29, 0.717) is 0 Å². The summed E-state index contributed by atoms with van der Waals surface area (Å²) in [5.74, 6) is 0. The Balaban J connectivity index is 2.88. The van der Waals surface area contributed by atoms with E-state index < -0.39 is 0 Å². The minimum absolute atomic E-state index is 0.278. The van der Waals surface area contributed by atoms with Crippen molar-refractivity contribution in [2.24, 2.45) is 0 Å². The number of rotatable bonds is 0. The molecule has 0 aromatic heterocycles. The van der Waals surface area contributed by atoms with Gasteiger partial charge in [-0.1, -0.05) is 0 Å². The van der Waals surface area contributed by atoms with E-state index in [9.17, 15) is 0 Å². The van der Waals surface area contributed by atoms with Crippen LogP contribution in [0.15, 0.2) is 14.7 Å². The van der Waals surface area contributed by atoms with Crippen molar-refractivity contribution < 1.29 is 0 Å². The normalized spacial score (nSPS) is 19.6. The molecule has 0 unspecified atom stereocenters. The van der Waals surface area contributed by atoms with Gasteiger partial charge in [0.2, 0.25) is 0 Å². The third-order valence-corrected chi connectivity index (χ3v) is 5.13. The Hall–Kier alpha value is 0.298. The molecule has 0 bridgehead atoms. The van der Waals surface area contributed by atoms with Gasteiger partial charge in [0.15, 0.2) is 0 Å². The molecule has 1 rings (SSSR count). The quantitative estimate of drug-likeness (QED) is 0.537. The fourth-order valence-electron chi connectivity index (χ4n) is 0.656. The monoisotopic (exact) mass is 215 g/mol. The molecule has 0 atom stereocenters. The first-order valence-corrected chi connectivity index (χ1v) is 5.60. The van der Waals surface area contributed by atoms with Crippen molar-refractivity contribution in [3.63, 3.8) is 0 Å². The van der Waals surface area contributed by atoms with Crippen LogP contribution < -0.4 is 0 Å². The van der Waals surface area contributed by atoms with Crippen molar-refractivity contribution in [2.75, 3.05) is 0 Å². The number of hydrogen-bond acceptors (Lipinski definition) is 0. The summed E-state index contributed by atoms with van der Waals surface area (Å²) in [7, 11) is 0. The van der Waals surface area contributed by atoms with E-state index in [2.05, 4.69) is 24.8 Å². The fraction of sp³-hybridized carbons (Fsp3) is 0.429. The van der Waals surface area contributed by atoms with Crippen LogP contribution in [0, 0.1) is 4.02 Å². The molecule has 0 saturated carbocycles. The van der Waals surface area contributed by atoms with Crippen molar-refractivity contribution in [3.8, 4) is 0 Å². The molecule has 1 heteroatoms. The number of allylic oxidation sites excluding steroid dienone is 3. The summed E-state index contributed by atoms with van der Waals surface area (Å²) in [5, 5.41) is 0. The van der Waals surface area contributed by atoms with Gasteiger partial charge < -0.3 is 0 Å². The molecule has 0 spiro atoms. The van der Waals surface area contributed by atoms with Gasteiger partial charge in [-0.05, 0) is 0 Å². The van der Waals surface area contributed by atoms with Gasteiger partial charge in [0.25, 0.3) is 0 Å². The maximum atomic E-state index is 3.43. The standard InChI is InChI=1S/C7H9.Sb.H/c1-5-7(4)6(2)3;;/h1-2,4H3;;. The van der Waals surface area contributed by atoms with E-state index in [0.717, 1.165) is 0 Å². The predicted molar refractivity (Wildman–Crippen MR) is 38.0 cm³/mol. The van der Waals surface area contributed by atoms with E-state index in [4.69, 9.17) is 0 Å². The van der Waals surface area contributed by atoms with Gasteiger partial charge in [-0.3, -0.25) is 0 Å². The first-order chi connectivity index (χ1) is 3.72. The van der Waals surface area contributed by atoms with Gasteiger partial charge in [0.05, 0.1) is 0 Å². The summed E-state index contributed by atoms with van der Waals surface area (Å²) in [5.41, 5.74) is 2.92. The SMILES string of the molecule is CC1=[C][SbH][C](C)=C1C. The second-order valence-electron chi connectivity index (χ2n) is 2.12. The molecular formula is C7H10Sb. The Morgan fingerprint density at radius 3 is 2.00 bits per heavy atom. The molecule has 0 aromatic carbocycles. The molecule has 0 N–H and O–H groups in total. The zero-order valence-corrected chi connectivity index (χ0v) is 8.35. The van der Waals surface area contributed by atoms with Gasteiger partial charge >= 0.3 is 61.1 Å². The van der Waals surface area contributed by atoms with E-state index in [-0.39, 0.29) is 21.6 Å². The molecule has 1 heterocycles. The van der Waals surface area contributed by atoms with Crippen molar-refractivity contribution in [3.05, 3.63) is 18.7 Å². The van der Waals surface area contributed by atoms with Crippen LogP contribution in [-0.4, -0.2) is 21.6 Å². The topological polar surface area (TPSA) is 0 Å². The zero-order valence-electron chi connectivity index (χ0n) is 5.50.